The van der Waals surface area contributed by atoms with E-state index in [-0.39, 0.29) is 18.7 Å². The fraction of sp³-hybridized carbons (Fsp3) is 0.333. The van der Waals surface area contributed by atoms with Crippen molar-refractivity contribution in [2.45, 2.75) is 33.1 Å². The third kappa shape index (κ3) is 3.90. The van der Waals surface area contributed by atoms with Crippen LogP contribution < -0.4 is 10.7 Å². The number of hydrogen-bond donors (Lipinski definition) is 1. The molecule has 0 aliphatic carbocycles. The molecule has 3 rings (SSSR count). The summed E-state index contributed by atoms with van der Waals surface area (Å²) in [5.74, 6) is -0.599. The molecule has 0 aromatic carbocycles. The molecule has 0 fully saturated rings. The lowest BCUT2D eigenvalue weighted by atomic mass is 10.1. The summed E-state index contributed by atoms with van der Waals surface area (Å²) in [7, 11) is 0. The van der Waals surface area contributed by atoms with Gasteiger partial charge in [0.15, 0.2) is 5.69 Å². The molecular weight excluding hydrogens is 375 g/mol. The lowest BCUT2D eigenvalue weighted by molar-refractivity contribution is -0.141. The van der Waals surface area contributed by atoms with Crippen molar-refractivity contribution in [3.63, 3.8) is 0 Å². The second-order valence-corrected chi connectivity index (χ2v) is 6.20. The average molecular weight is 393 g/mol. The van der Waals surface area contributed by atoms with Crippen LogP contribution in [0.5, 0.6) is 0 Å². The number of alkyl halides is 3. The number of hydrogen-bond acceptors (Lipinski definition) is 4. The van der Waals surface area contributed by atoms with Crippen LogP contribution in [0.1, 0.15) is 28.7 Å². The molecule has 28 heavy (non-hydrogen) atoms. The highest BCUT2D eigenvalue weighted by Crippen LogP contribution is 2.27. The van der Waals surface area contributed by atoms with Gasteiger partial charge in [-0.25, -0.2) is 4.98 Å². The molecule has 10 heteroatoms. The van der Waals surface area contributed by atoms with E-state index in [9.17, 15) is 22.8 Å². The summed E-state index contributed by atoms with van der Waals surface area (Å²) in [5, 5.41) is 6.30. The largest absolute Gasteiger partial charge is 0.435 e. The number of rotatable bonds is 5. The number of nitrogens with zero attached hydrogens (tertiary/aromatic N) is 4. The molecule has 3 aromatic heterocycles. The third-order valence-electron chi connectivity index (χ3n) is 4.20. The van der Waals surface area contributed by atoms with Gasteiger partial charge in [0.1, 0.15) is 11.2 Å². The van der Waals surface area contributed by atoms with Crippen LogP contribution in [-0.4, -0.2) is 31.8 Å². The summed E-state index contributed by atoms with van der Waals surface area (Å²) in [4.78, 5) is 29.4. The Hall–Kier alpha value is -3.17. The van der Waals surface area contributed by atoms with Gasteiger partial charge >= 0.3 is 6.18 Å². The molecule has 0 bridgehead atoms. The number of pyridine rings is 2. The summed E-state index contributed by atoms with van der Waals surface area (Å²) < 4.78 is 40.5. The maximum Gasteiger partial charge on any atom is 0.435 e. The normalized spacial score (nSPS) is 11.8. The predicted octanol–water partition coefficient (Wildman–Crippen LogP) is 2.37. The van der Waals surface area contributed by atoms with Crippen molar-refractivity contribution in [2.24, 2.45) is 0 Å². The molecule has 3 aromatic rings. The second kappa shape index (κ2) is 7.45. The standard InChI is InChI=1S/C18H18F3N5O2/c1-3-25-10-13(15(27)12-5-4-11(2)23-16(12)25)17(28)22-7-9-26-8-6-14(24-26)18(19,20)21/h4-6,8,10H,3,7,9H2,1-2H3,(H,22,28). The van der Waals surface area contributed by atoms with Gasteiger partial charge in [-0.05, 0) is 32.0 Å². The Morgan fingerprint density at radius 1 is 1.25 bits per heavy atom. The molecule has 0 radical (unpaired) electrons. The Kier molecular flexibility index (Phi) is 5.21. The van der Waals surface area contributed by atoms with Gasteiger partial charge in [0, 0.05) is 31.2 Å². The van der Waals surface area contributed by atoms with Crippen LogP contribution in [-0.2, 0) is 19.3 Å². The molecule has 1 amide bonds. The van der Waals surface area contributed by atoms with Gasteiger partial charge in [-0.2, -0.15) is 18.3 Å². The van der Waals surface area contributed by atoms with Crippen LogP contribution in [0.4, 0.5) is 13.2 Å². The Morgan fingerprint density at radius 2 is 2.00 bits per heavy atom. The number of carbonyl (C=O) groups excluding carboxylic acids is 1. The first-order valence-electron chi connectivity index (χ1n) is 8.60. The molecule has 148 valence electrons. The first kappa shape index (κ1) is 19.6. The summed E-state index contributed by atoms with van der Waals surface area (Å²) in [6.07, 6.45) is -1.89. The monoisotopic (exact) mass is 393 g/mol. The van der Waals surface area contributed by atoms with Crippen LogP contribution in [0.3, 0.4) is 0 Å². The smallest absolute Gasteiger partial charge is 0.350 e. The first-order valence-corrected chi connectivity index (χ1v) is 8.60. The number of halogens is 3. The topological polar surface area (TPSA) is 81.8 Å². The second-order valence-electron chi connectivity index (χ2n) is 6.20. The molecule has 1 N–H and O–H groups in total. The molecule has 0 aliphatic rings. The number of fused-ring (bicyclic) bond motifs is 1. The first-order chi connectivity index (χ1) is 13.2. The highest BCUT2D eigenvalue weighted by molar-refractivity contribution is 5.96. The molecular formula is C18H18F3N5O2. The van der Waals surface area contributed by atoms with E-state index >= 15 is 0 Å². The number of carbonyl (C=O) groups is 1. The van der Waals surface area contributed by atoms with Crippen molar-refractivity contribution in [2.75, 3.05) is 6.54 Å². The Labute approximate surface area is 157 Å². The molecule has 0 atom stereocenters. The van der Waals surface area contributed by atoms with Crippen molar-refractivity contribution < 1.29 is 18.0 Å². The zero-order valence-corrected chi connectivity index (χ0v) is 15.2. The maximum atomic E-state index is 12.6. The van der Waals surface area contributed by atoms with E-state index in [4.69, 9.17) is 0 Å². The van der Waals surface area contributed by atoms with Gasteiger partial charge in [-0.15, -0.1) is 0 Å². The van der Waals surface area contributed by atoms with Crippen LogP contribution in [0.2, 0.25) is 0 Å². The van der Waals surface area contributed by atoms with E-state index in [1.54, 1.807) is 16.7 Å². The van der Waals surface area contributed by atoms with Gasteiger partial charge in [0.25, 0.3) is 5.91 Å². The Morgan fingerprint density at radius 3 is 2.64 bits per heavy atom. The minimum Gasteiger partial charge on any atom is -0.350 e. The SMILES string of the molecule is CCn1cc(C(=O)NCCn2ccc(C(F)(F)F)n2)c(=O)c2ccc(C)nc21. The molecule has 0 spiro atoms. The zero-order chi connectivity index (χ0) is 20.5. The van der Waals surface area contributed by atoms with Gasteiger partial charge in [-0.1, -0.05) is 0 Å². The van der Waals surface area contributed by atoms with Crippen LogP contribution >= 0.6 is 0 Å². The van der Waals surface area contributed by atoms with E-state index in [1.165, 1.54) is 12.4 Å². The molecule has 0 aliphatic heterocycles. The molecule has 0 saturated carbocycles. The number of aromatic nitrogens is 4. The van der Waals surface area contributed by atoms with E-state index in [1.807, 2.05) is 13.8 Å². The summed E-state index contributed by atoms with van der Waals surface area (Å²) >= 11 is 0. The fourth-order valence-electron chi connectivity index (χ4n) is 2.78. The third-order valence-corrected chi connectivity index (χ3v) is 4.20. The molecule has 3 heterocycles. The Bertz CT molecular complexity index is 1080. The van der Waals surface area contributed by atoms with Crippen molar-refractivity contribution in [1.29, 1.82) is 0 Å². The quantitative estimate of drug-likeness (QED) is 0.722. The van der Waals surface area contributed by atoms with E-state index in [0.29, 0.717) is 17.6 Å². The van der Waals surface area contributed by atoms with E-state index < -0.39 is 23.2 Å². The number of aryl methyl sites for hydroxylation is 2. The van der Waals surface area contributed by atoms with Gasteiger partial charge < -0.3 is 9.88 Å². The highest BCUT2D eigenvalue weighted by Gasteiger charge is 2.33. The van der Waals surface area contributed by atoms with Crippen molar-refractivity contribution in [3.8, 4) is 0 Å². The molecule has 7 nitrogen and oxygen atoms in total. The van der Waals surface area contributed by atoms with Gasteiger partial charge in [0.2, 0.25) is 5.43 Å². The van der Waals surface area contributed by atoms with Gasteiger partial charge in [0.05, 0.1) is 11.9 Å². The van der Waals surface area contributed by atoms with Crippen molar-refractivity contribution in [1.82, 2.24) is 24.6 Å². The van der Waals surface area contributed by atoms with Gasteiger partial charge in [-0.3, -0.25) is 14.3 Å². The summed E-state index contributed by atoms with van der Waals surface area (Å²) in [6.45, 7) is 4.25. The van der Waals surface area contributed by atoms with E-state index in [2.05, 4.69) is 15.4 Å². The lowest BCUT2D eigenvalue weighted by Gasteiger charge is -2.11. The maximum absolute atomic E-state index is 12.6. The van der Waals surface area contributed by atoms with Crippen LogP contribution in [0.15, 0.2) is 35.4 Å². The zero-order valence-electron chi connectivity index (χ0n) is 15.2. The fourth-order valence-corrected chi connectivity index (χ4v) is 2.78. The molecule has 0 saturated heterocycles. The lowest BCUT2D eigenvalue weighted by Crippen LogP contribution is -2.32. The minimum absolute atomic E-state index is 0.0214. The molecule has 0 unspecified atom stereocenters. The average Bonchev–Trinajstić information content (AvgIpc) is 3.11. The van der Waals surface area contributed by atoms with E-state index in [0.717, 1.165) is 16.4 Å². The minimum atomic E-state index is -4.52. The number of nitrogens with one attached hydrogen (secondary N) is 1. The number of amides is 1. The van der Waals surface area contributed by atoms with Crippen LogP contribution in [0, 0.1) is 6.92 Å². The predicted molar refractivity (Wildman–Crippen MR) is 96.0 cm³/mol. The van der Waals surface area contributed by atoms with Crippen molar-refractivity contribution >= 4 is 16.9 Å². The Balaban J connectivity index is 1.76. The highest BCUT2D eigenvalue weighted by atomic mass is 19.4. The van der Waals surface area contributed by atoms with Crippen LogP contribution in [0.25, 0.3) is 11.0 Å². The van der Waals surface area contributed by atoms with Crippen molar-refractivity contribution in [3.05, 3.63) is 57.8 Å². The summed E-state index contributed by atoms with van der Waals surface area (Å²) in [5.41, 5.74) is -0.231. The summed E-state index contributed by atoms with van der Waals surface area (Å²) in [6, 6.07) is 4.19.